The molecule has 0 aliphatic rings. The molecule has 0 N–H and O–H groups in total. The molecule has 0 bridgehead atoms. The Morgan fingerprint density at radius 3 is 1.87 bits per heavy atom. The van der Waals surface area contributed by atoms with E-state index in [1.807, 2.05) is 0 Å². The second-order valence-corrected chi connectivity index (χ2v) is 12.3. The summed E-state index contributed by atoms with van der Waals surface area (Å²) >= 11 is 0. The first-order chi connectivity index (χ1) is 22.3. The number of aromatic nitrogens is 2. The van der Waals surface area contributed by atoms with Crippen LogP contribution in [0.25, 0.3) is 76.9 Å². The number of unbranched alkanes of at least 4 members (excludes halogenated alkanes) is 3. The van der Waals surface area contributed by atoms with Gasteiger partial charge in [0.1, 0.15) is 5.58 Å². The van der Waals surface area contributed by atoms with Crippen LogP contribution in [-0.4, -0.2) is 9.13 Å². The zero-order chi connectivity index (χ0) is 29.9. The van der Waals surface area contributed by atoms with E-state index in [1.165, 1.54) is 74.9 Å². The fourth-order valence-corrected chi connectivity index (χ4v) is 7.48. The van der Waals surface area contributed by atoms with Crippen molar-refractivity contribution < 1.29 is 4.42 Å². The molecule has 9 rings (SSSR count). The number of rotatable bonds is 7. The Labute approximate surface area is 261 Å². The number of benzene rings is 6. The van der Waals surface area contributed by atoms with Gasteiger partial charge < -0.3 is 13.6 Å². The highest BCUT2D eigenvalue weighted by Crippen LogP contribution is 2.40. The van der Waals surface area contributed by atoms with Crippen molar-refractivity contribution in [2.75, 3.05) is 0 Å². The van der Waals surface area contributed by atoms with Crippen molar-refractivity contribution in [3.63, 3.8) is 0 Å². The lowest BCUT2D eigenvalue weighted by Gasteiger charge is -2.09. The van der Waals surface area contributed by atoms with Gasteiger partial charge in [-0.15, -0.1) is 0 Å². The molecule has 0 saturated carbocycles. The molecule has 0 aliphatic heterocycles. The number of furan rings is 1. The third-order valence-corrected chi connectivity index (χ3v) is 9.59. The van der Waals surface area contributed by atoms with Crippen molar-refractivity contribution >= 4 is 65.6 Å². The van der Waals surface area contributed by atoms with E-state index in [0.717, 1.165) is 39.7 Å². The molecule has 0 aliphatic carbocycles. The minimum atomic E-state index is 0.900. The molecule has 3 heteroatoms. The smallest absolute Gasteiger partial charge is 0.159 e. The Morgan fingerprint density at radius 1 is 0.489 bits per heavy atom. The molecule has 0 atom stereocenters. The summed E-state index contributed by atoms with van der Waals surface area (Å²) in [5, 5.41) is 7.38. The molecule has 0 unspecified atom stereocenters. The normalized spacial score (nSPS) is 12.1. The lowest BCUT2D eigenvalue weighted by molar-refractivity contribution is 0.666. The summed E-state index contributed by atoms with van der Waals surface area (Å²) < 4.78 is 11.5. The quantitative estimate of drug-likeness (QED) is 0.171. The van der Waals surface area contributed by atoms with Crippen LogP contribution in [-0.2, 0) is 6.42 Å². The Morgan fingerprint density at radius 2 is 1.13 bits per heavy atom. The van der Waals surface area contributed by atoms with Crippen molar-refractivity contribution in [2.24, 2.45) is 0 Å². The Hall–Kier alpha value is -5.28. The second-order valence-electron chi connectivity index (χ2n) is 12.3. The largest absolute Gasteiger partial charge is 0.454 e. The van der Waals surface area contributed by atoms with E-state index in [4.69, 9.17) is 4.42 Å². The van der Waals surface area contributed by atoms with Crippen molar-refractivity contribution in [3.8, 4) is 11.4 Å². The van der Waals surface area contributed by atoms with Crippen LogP contribution in [0.5, 0.6) is 0 Å². The predicted octanol–water partition coefficient (Wildman–Crippen LogP) is 11.9. The first kappa shape index (κ1) is 26.2. The molecule has 3 nitrogen and oxygen atoms in total. The zero-order valence-corrected chi connectivity index (χ0v) is 25.5. The molecular formula is C42H34N2O. The van der Waals surface area contributed by atoms with E-state index in [1.54, 1.807) is 0 Å². The van der Waals surface area contributed by atoms with E-state index in [0.29, 0.717) is 0 Å². The molecule has 6 aromatic carbocycles. The van der Waals surface area contributed by atoms with E-state index >= 15 is 0 Å². The van der Waals surface area contributed by atoms with Gasteiger partial charge in [-0.05, 0) is 73.0 Å². The predicted molar refractivity (Wildman–Crippen MR) is 190 cm³/mol. The molecular weight excluding hydrogens is 548 g/mol. The standard InChI is InChI=1S/C42H34N2O/c1-2-3-4-5-13-28-22-24-39-34(26-28)32-16-8-11-20-38(32)44(39)40-21-12-17-33-35-27-29(23-25-41(35)45-42(33)40)43-36-18-9-6-14-30(36)31-15-7-10-19-37(31)43/h6-12,14-27H,2-5,13H2,1H3. The maximum Gasteiger partial charge on any atom is 0.159 e. The molecule has 3 aromatic heterocycles. The average molecular weight is 583 g/mol. The SMILES string of the molecule is CCCCCCc1ccc2c(c1)c1ccccc1n2-c1cccc2c1oc1ccc(-n3c4ccccc4c4ccccc43)cc12. The van der Waals surface area contributed by atoms with Gasteiger partial charge in [0.15, 0.2) is 5.58 Å². The second kappa shape index (κ2) is 10.4. The number of aryl methyl sites for hydroxylation is 1. The van der Waals surface area contributed by atoms with E-state index in [2.05, 4.69) is 143 Å². The van der Waals surface area contributed by atoms with Crippen LogP contribution in [0.2, 0.25) is 0 Å². The van der Waals surface area contributed by atoms with E-state index in [-0.39, 0.29) is 0 Å². The highest BCUT2D eigenvalue weighted by molar-refractivity contribution is 6.14. The van der Waals surface area contributed by atoms with Crippen LogP contribution >= 0.6 is 0 Å². The van der Waals surface area contributed by atoms with Crippen LogP contribution in [0.3, 0.4) is 0 Å². The van der Waals surface area contributed by atoms with Gasteiger partial charge in [0, 0.05) is 38.0 Å². The lowest BCUT2D eigenvalue weighted by atomic mass is 10.0. The number of nitrogens with zero attached hydrogens (tertiary/aromatic N) is 2. The van der Waals surface area contributed by atoms with Crippen LogP contribution in [0, 0.1) is 0 Å². The van der Waals surface area contributed by atoms with Crippen molar-refractivity contribution in [1.29, 1.82) is 0 Å². The summed E-state index contributed by atoms with van der Waals surface area (Å²) in [6.45, 7) is 2.27. The van der Waals surface area contributed by atoms with E-state index < -0.39 is 0 Å². The Bertz CT molecular complexity index is 2490. The molecule has 9 aromatic rings. The van der Waals surface area contributed by atoms with Gasteiger partial charge in [-0.25, -0.2) is 0 Å². The van der Waals surface area contributed by atoms with Gasteiger partial charge >= 0.3 is 0 Å². The fourth-order valence-electron chi connectivity index (χ4n) is 7.48. The number of para-hydroxylation sites is 4. The summed E-state index contributed by atoms with van der Waals surface area (Å²) in [5.41, 5.74) is 10.3. The van der Waals surface area contributed by atoms with E-state index in [9.17, 15) is 0 Å². The molecule has 0 spiro atoms. The van der Waals surface area contributed by atoms with Gasteiger partial charge in [-0.1, -0.05) is 99.0 Å². The van der Waals surface area contributed by atoms with Gasteiger partial charge in [-0.3, -0.25) is 0 Å². The van der Waals surface area contributed by atoms with Gasteiger partial charge in [0.2, 0.25) is 0 Å². The summed E-state index contributed by atoms with van der Waals surface area (Å²) in [7, 11) is 0. The van der Waals surface area contributed by atoms with Crippen LogP contribution in [0.4, 0.5) is 0 Å². The molecule has 45 heavy (non-hydrogen) atoms. The van der Waals surface area contributed by atoms with Gasteiger partial charge in [0.25, 0.3) is 0 Å². The maximum absolute atomic E-state index is 6.72. The maximum atomic E-state index is 6.72. The summed E-state index contributed by atoms with van der Waals surface area (Å²) in [4.78, 5) is 0. The Balaban J connectivity index is 1.23. The first-order valence-corrected chi connectivity index (χ1v) is 16.3. The van der Waals surface area contributed by atoms with Crippen molar-refractivity contribution in [1.82, 2.24) is 9.13 Å². The third kappa shape index (κ3) is 4.04. The van der Waals surface area contributed by atoms with Crippen LogP contribution < -0.4 is 0 Å². The summed E-state index contributed by atoms with van der Waals surface area (Å²) in [5.74, 6) is 0. The van der Waals surface area contributed by atoms with Crippen molar-refractivity contribution in [3.05, 3.63) is 133 Å². The molecule has 3 heterocycles. The zero-order valence-electron chi connectivity index (χ0n) is 25.5. The minimum absolute atomic E-state index is 0.900. The number of hydrogen-bond acceptors (Lipinski definition) is 1. The lowest BCUT2D eigenvalue weighted by Crippen LogP contribution is -1.94. The molecule has 0 amide bonds. The molecule has 218 valence electrons. The molecule has 0 fully saturated rings. The molecule has 0 radical (unpaired) electrons. The molecule has 0 saturated heterocycles. The monoisotopic (exact) mass is 582 g/mol. The number of fused-ring (bicyclic) bond motifs is 9. The highest BCUT2D eigenvalue weighted by Gasteiger charge is 2.19. The summed E-state index contributed by atoms with van der Waals surface area (Å²) in [6.07, 6.45) is 6.24. The average Bonchev–Trinajstić information content (AvgIpc) is 3.74. The van der Waals surface area contributed by atoms with Crippen LogP contribution in [0.15, 0.2) is 132 Å². The Kier molecular flexibility index (Phi) is 6.05. The highest BCUT2D eigenvalue weighted by atomic mass is 16.3. The van der Waals surface area contributed by atoms with Gasteiger partial charge in [-0.2, -0.15) is 0 Å². The van der Waals surface area contributed by atoms with Crippen molar-refractivity contribution in [2.45, 2.75) is 39.0 Å². The van der Waals surface area contributed by atoms with Gasteiger partial charge in [0.05, 0.1) is 27.8 Å². The minimum Gasteiger partial charge on any atom is -0.454 e. The third-order valence-electron chi connectivity index (χ3n) is 9.59. The van der Waals surface area contributed by atoms with Crippen LogP contribution in [0.1, 0.15) is 38.2 Å². The number of hydrogen-bond donors (Lipinski definition) is 0. The first-order valence-electron chi connectivity index (χ1n) is 16.3. The topological polar surface area (TPSA) is 23.0 Å². The summed E-state index contributed by atoms with van der Waals surface area (Å²) in [6, 6.07) is 46.3. The fraction of sp³-hybridized carbons (Fsp3) is 0.143.